The minimum atomic E-state index is 0.208. The molecule has 0 aromatic carbocycles. The van der Waals surface area contributed by atoms with Crippen molar-refractivity contribution in [1.29, 1.82) is 0 Å². The molecular formula is C10H7Br2ClS2. The van der Waals surface area contributed by atoms with Crippen molar-refractivity contribution in [3.05, 3.63) is 41.6 Å². The summed E-state index contributed by atoms with van der Waals surface area (Å²) < 4.78 is 1.19. The zero-order valence-corrected chi connectivity index (χ0v) is 13.3. The van der Waals surface area contributed by atoms with Crippen LogP contribution < -0.4 is 0 Å². The zero-order chi connectivity index (χ0) is 11.0. The lowest BCUT2D eigenvalue weighted by atomic mass is 10.2. The van der Waals surface area contributed by atoms with E-state index in [1.54, 1.807) is 22.7 Å². The number of aryl methyl sites for hydroxylation is 1. The van der Waals surface area contributed by atoms with Crippen LogP contribution in [0.25, 0.3) is 0 Å². The van der Waals surface area contributed by atoms with Crippen molar-refractivity contribution >= 4 is 66.1 Å². The number of alkyl halides is 1. The summed E-state index contributed by atoms with van der Waals surface area (Å²) in [5.74, 6) is 0. The van der Waals surface area contributed by atoms with E-state index in [-0.39, 0.29) is 4.83 Å². The maximum Gasteiger partial charge on any atom is 0.0846 e. The predicted octanol–water partition coefficient (Wildman–Crippen LogP) is 6.02. The molecule has 0 spiro atoms. The second-order valence-corrected chi connectivity index (χ2v) is 7.77. The Labute approximate surface area is 119 Å². The highest BCUT2D eigenvalue weighted by Gasteiger charge is 2.17. The molecule has 2 heterocycles. The molecule has 5 heteroatoms. The molecular weight excluding hydrogens is 380 g/mol. The topological polar surface area (TPSA) is 0 Å². The molecule has 2 aromatic rings. The zero-order valence-electron chi connectivity index (χ0n) is 7.76. The minimum Gasteiger partial charge on any atom is -0.146 e. The van der Waals surface area contributed by atoms with Crippen LogP contribution in [0.15, 0.2) is 21.3 Å². The van der Waals surface area contributed by atoms with E-state index in [1.165, 1.54) is 19.1 Å². The summed E-state index contributed by atoms with van der Waals surface area (Å²) in [6, 6.07) is 4.12. The van der Waals surface area contributed by atoms with Gasteiger partial charge in [-0.1, -0.05) is 27.5 Å². The van der Waals surface area contributed by atoms with Crippen LogP contribution in [-0.4, -0.2) is 0 Å². The van der Waals surface area contributed by atoms with Gasteiger partial charge >= 0.3 is 0 Å². The molecule has 0 saturated heterocycles. The summed E-state index contributed by atoms with van der Waals surface area (Å²) in [6.07, 6.45) is 0. The third-order valence-electron chi connectivity index (χ3n) is 2.00. The van der Waals surface area contributed by atoms with Gasteiger partial charge in [-0.2, -0.15) is 0 Å². The molecule has 0 bridgehead atoms. The van der Waals surface area contributed by atoms with E-state index in [1.807, 2.05) is 11.4 Å². The first-order chi connectivity index (χ1) is 7.09. The predicted molar refractivity (Wildman–Crippen MR) is 76.9 cm³/mol. The lowest BCUT2D eigenvalue weighted by Crippen LogP contribution is -1.85. The van der Waals surface area contributed by atoms with Crippen molar-refractivity contribution in [3.63, 3.8) is 0 Å². The smallest absolute Gasteiger partial charge is 0.0846 e. The van der Waals surface area contributed by atoms with Gasteiger partial charge in [0.25, 0.3) is 0 Å². The first-order valence-electron chi connectivity index (χ1n) is 4.22. The summed E-state index contributed by atoms with van der Waals surface area (Å²) in [7, 11) is 0. The van der Waals surface area contributed by atoms with Crippen LogP contribution >= 0.6 is 66.1 Å². The van der Waals surface area contributed by atoms with Crippen LogP contribution in [0, 0.1) is 6.92 Å². The van der Waals surface area contributed by atoms with Crippen molar-refractivity contribution < 1.29 is 0 Å². The largest absolute Gasteiger partial charge is 0.146 e. The molecule has 0 saturated carbocycles. The molecule has 0 aliphatic carbocycles. The molecule has 15 heavy (non-hydrogen) atoms. The van der Waals surface area contributed by atoms with Crippen LogP contribution in [0.4, 0.5) is 0 Å². The fourth-order valence-electron chi connectivity index (χ4n) is 1.22. The van der Waals surface area contributed by atoms with Crippen molar-refractivity contribution in [2.45, 2.75) is 11.8 Å². The molecule has 1 unspecified atom stereocenters. The maximum absolute atomic E-state index is 6.10. The van der Waals surface area contributed by atoms with Gasteiger partial charge in [0.05, 0.1) is 13.6 Å². The van der Waals surface area contributed by atoms with Gasteiger partial charge in [-0.25, -0.2) is 0 Å². The standard InChI is InChI=1S/C10H7Br2ClS2/c1-5-4-7(15-10(5)12)8(11)9-6(13)2-3-14-9/h2-4,8H,1H3. The number of thiophene rings is 2. The van der Waals surface area contributed by atoms with E-state index in [0.29, 0.717) is 0 Å². The third-order valence-corrected chi connectivity index (χ3v) is 7.18. The summed E-state index contributed by atoms with van der Waals surface area (Å²) in [5, 5.41) is 2.85. The Balaban J connectivity index is 2.36. The SMILES string of the molecule is Cc1cc(C(Br)c2sccc2Cl)sc1Br. The van der Waals surface area contributed by atoms with Gasteiger partial charge in [-0.3, -0.25) is 0 Å². The normalized spacial score (nSPS) is 13.1. The van der Waals surface area contributed by atoms with Gasteiger partial charge in [0.2, 0.25) is 0 Å². The first-order valence-corrected chi connectivity index (χ1v) is 8.00. The van der Waals surface area contributed by atoms with Gasteiger partial charge in [0.15, 0.2) is 0 Å². The quantitative estimate of drug-likeness (QED) is 0.554. The second kappa shape index (κ2) is 4.88. The number of rotatable bonds is 2. The Morgan fingerprint density at radius 1 is 1.47 bits per heavy atom. The fourth-order valence-corrected chi connectivity index (χ4v) is 5.13. The maximum atomic E-state index is 6.10. The van der Waals surface area contributed by atoms with Gasteiger partial charge in [-0.05, 0) is 45.9 Å². The first kappa shape index (κ1) is 12.1. The molecule has 0 nitrogen and oxygen atoms in total. The number of hydrogen-bond acceptors (Lipinski definition) is 2. The Hall–Kier alpha value is 0.650. The Kier molecular flexibility index (Phi) is 3.94. The van der Waals surface area contributed by atoms with E-state index >= 15 is 0 Å². The van der Waals surface area contributed by atoms with Crippen molar-refractivity contribution in [1.82, 2.24) is 0 Å². The Bertz CT molecular complexity index is 456. The lowest BCUT2D eigenvalue weighted by molar-refractivity contribution is 1.28. The number of halogens is 3. The van der Waals surface area contributed by atoms with E-state index in [0.717, 1.165) is 5.02 Å². The molecule has 0 amide bonds. The lowest BCUT2D eigenvalue weighted by Gasteiger charge is -2.04. The molecule has 1 atom stereocenters. The molecule has 0 aliphatic heterocycles. The Morgan fingerprint density at radius 3 is 2.67 bits per heavy atom. The second-order valence-electron chi connectivity index (χ2n) is 3.10. The third kappa shape index (κ3) is 2.50. The molecule has 80 valence electrons. The van der Waals surface area contributed by atoms with Crippen LogP contribution in [-0.2, 0) is 0 Å². The van der Waals surface area contributed by atoms with Crippen LogP contribution in [0.2, 0.25) is 5.02 Å². The van der Waals surface area contributed by atoms with Crippen LogP contribution in [0.5, 0.6) is 0 Å². The minimum absolute atomic E-state index is 0.208. The summed E-state index contributed by atoms with van der Waals surface area (Å²) >= 11 is 16.8. The highest BCUT2D eigenvalue weighted by atomic mass is 79.9. The summed E-state index contributed by atoms with van der Waals surface area (Å²) in [5.41, 5.74) is 1.27. The molecule has 0 fully saturated rings. The van der Waals surface area contributed by atoms with Crippen molar-refractivity contribution in [2.24, 2.45) is 0 Å². The van der Waals surface area contributed by atoms with E-state index < -0.39 is 0 Å². The fraction of sp³-hybridized carbons (Fsp3) is 0.200. The number of hydrogen-bond donors (Lipinski definition) is 0. The van der Waals surface area contributed by atoms with Gasteiger partial charge < -0.3 is 0 Å². The molecule has 0 radical (unpaired) electrons. The van der Waals surface area contributed by atoms with Crippen molar-refractivity contribution in [2.75, 3.05) is 0 Å². The summed E-state index contributed by atoms with van der Waals surface area (Å²) in [6.45, 7) is 2.10. The summed E-state index contributed by atoms with van der Waals surface area (Å²) in [4.78, 5) is 2.66. The van der Waals surface area contributed by atoms with E-state index in [4.69, 9.17) is 11.6 Å². The van der Waals surface area contributed by atoms with E-state index in [2.05, 4.69) is 44.8 Å². The van der Waals surface area contributed by atoms with Gasteiger partial charge in [0, 0.05) is 9.75 Å². The molecule has 0 N–H and O–H groups in total. The van der Waals surface area contributed by atoms with Crippen LogP contribution in [0.1, 0.15) is 20.1 Å². The van der Waals surface area contributed by atoms with Crippen LogP contribution in [0.3, 0.4) is 0 Å². The average Bonchev–Trinajstić information content (AvgIpc) is 2.74. The Morgan fingerprint density at radius 2 is 2.20 bits per heavy atom. The van der Waals surface area contributed by atoms with Gasteiger partial charge in [-0.15, -0.1) is 22.7 Å². The molecule has 2 aromatic heterocycles. The van der Waals surface area contributed by atoms with Crippen molar-refractivity contribution in [3.8, 4) is 0 Å². The highest BCUT2D eigenvalue weighted by Crippen LogP contribution is 2.43. The highest BCUT2D eigenvalue weighted by molar-refractivity contribution is 9.11. The molecule has 0 aliphatic rings. The average molecular weight is 387 g/mol. The van der Waals surface area contributed by atoms with Gasteiger partial charge in [0.1, 0.15) is 0 Å². The van der Waals surface area contributed by atoms with E-state index in [9.17, 15) is 0 Å². The monoisotopic (exact) mass is 384 g/mol. The molecule has 2 rings (SSSR count).